The number of carbonyl (C=O) groups is 2. The van der Waals surface area contributed by atoms with Gasteiger partial charge in [-0.2, -0.15) is 0 Å². The molecule has 26 heavy (non-hydrogen) atoms. The lowest BCUT2D eigenvalue weighted by Gasteiger charge is -2.07. The normalized spacial score (nSPS) is 10.5. The first-order valence-corrected chi connectivity index (χ1v) is 9.20. The molecule has 0 unspecified atom stereocenters. The Labute approximate surface area is 156 Å². The summed E-state index contributed by atoms with van der Waals surface area (Å²) in [4.78, 5) is 24.5. The predicted octanol–water partition coefficient (Wildman–Crippen LogP) is 4.03. The Morgan fingerprint density at radius 3 is 2.42 bits per heavy atom. The molecule has 0 aliphatic carbocycles. The third-order valence-corrected chi connectivity index (χ3v) is 4.95. The fourth-order valence-electron chi connectivity index (χ4n) is 2.53. The lowest BCUT2D eigenvalue weighted by Crippen LogP contribution is -2.24. The van der Waals surface area contributed by atoms with Crippen LogP contribution in [0, 0.1) is 0 Å². The second-order valence-corrected chi connectivity index (χ2v) is 6.81. The van der Waals surface area contributed by atoms with Crippen molar-refractivity contribution in [2.45, 2.75) is 11.4 Å². The summed E-state index contributed by atoms with van der Waals surface area (Å²) in [6, 6.07) is 21.4. The van der Waals surface area contributed by atoms with Crippen LogP contribution in [-0.2, 0) is 16.1 Å². The van der Waals surface area contributed by atoms with Gasteiger partial charge in [0, 0.05) is 11.4 Å². The maximum absolute atomic E-state index is 12.1. The number of benzene rings is 3. The molecule has 4 nitrogen and oxygen atoms in total. The third kappa shape index (κ3) is 4.64. The molecule has 0 spiro atoms. The summed E-state index contributed by atoms with van der Waals surface area (Å²) < 4.78 is 4.66. The largest absolute Gasteiger partial charge is 0.465 e. The van der Waals surface area contributed by atoms with Gasteiger partial charge in [0.2, 0.25) is 5.91 Å². The lowest BCUT2D eigenvalue weighted by atomic mass is 10.1. The summed E-state index contributed by atoms with van der Waals surface area (Å²) in [7, 11) is 1.35. The average molecular weight is 365 g/mol. The Balaban J connectivity index is 1.50. The highest BCUT2D eigenvalue weighted by Gasteiger charge is 2.06. The van der Waals surface area contributed by atoms with E-state index in [1.165, 1.54) is 29.6 Å². The standard InChI is InChI=1S/C21H19NO3S/c1-25-21(24)17-8-6-15(7-9-17)13-22-20(23)14-26-19-11-10-16-4-2-3-5-18(16)12-19/h2-12H,13-14H2,1H3,(H,22,23). The van der Waals surface area contributed by atoms with Gasteiger partial charge in [-0.05, 0) is 40.6 Å². The molecule has 0 aliphatic rings. The van der Waals surface area contributed by atoms with Gasteiger partial charge in [-0.3, -0.25) is 4.79 Å². The minimum Gasteiger partial charge on any atom is -0.465 e. The van der Waals surface area contributed by atoms with Crippen LogP contribution in [0.3, 0.4) is 0 Å². The van der Waals surface area contributed by atoms with Crippen LogP contribution in [0.5, 0.6) is 0 Å². The van der Waals surface area contributed by atoms with E-state index in [2.05, 4.69) is 34.3 Å². The number of hydrogen-bond donors (Lipinski definition) is 1. The maximum atomic E-state index is 12.1. The molecule has 0 saturated heterocycles. The summed E-state index contributed by atoms with van der Waals surface area (Å²) in [5.74, 6) is -0.0361. The van der Waals surface area contributed by atoms with Gasteiger partial charge in [0.05, 0.1) is 18.4 Å². The van der Waals surface area contributed by atoms with Gasteiger partial charge >= 0.3 is 5.97 Å². The van der Waals surface area contributed by atoms with Crippen molar-refractivity contribution in [2.75, 3.05) is 12.9 Å². The Morgan fingerprint density at radius 2 is 1.69 bits per heavy atom. The second-order valence-electron chi connectivity index (χ2n) is 5.76. The number of ether oxygens (including phenoxy) is 1. The molecule has 1 N–H and O–H groups in total. The van der Waals surface area contributed by atoms with Crippen molar-refractivity contribution in [3.05, 3.63) is 77.9 Å². The van der Waals surface area contributed by atoms with E-state index >= 15 is 0 Å². The average Bonchev–Trinajstić information content (AvgIpc) is 2.70. The predicted molar refractivity (Wildman–Crippen MR) is 104 cm³/mol. The molecule has 0 heterocycles. The van der Waals surface area contributed by atoms with Crippen molar-refractivity contribution in [3.63, 3.8) is 0 Å². The van der Waals surface area contributed by atoms with Crippen LogP contribution >= 0.6 is 11.8 Å². The van der Waals surface area contributed by atoms with Crippen molar-refractivity contribution < 1.29 is 14.3 Å². The quantitative estimate of drug-likeness (QED) is 0.529. The zero-order chi connectivity index (χ0) is 18.4. The maximum Gasteiger partial charge on any atom is 0.337 e. The second kappa shape index (κ2) is 8.54. The first kappa shape index (κ1) is 18.0. The summed E-state index contributed by atoms with van der Waals surface area (Å²) in [6.07, 6.45) is 0. The molecule has 1 amide bonds. The molecule has 0 radical (unpaired) electrons. The van der Waals surface area contributed by atoms with E-state index in [0.717, 1.165) is 10.5 Å². The van der Waals surface area contributed by atoms with E-state index in [1.54, 1.807) is 12.1 Å². The number of methoxy groups -OCH3 is 1. The lowest BCUT2D eigenvalue weighted by molar-refractivity contribution is -0.118. The SMILES string of the molecule is COC(=O)c1ccc(CNC(=O)CSc2ccc3ccccc3c2)cc1. The Hall–Kier alpha value is -2.79. The molecule has 5 heteroatoms. The number of esters is 1. The van der Waals surface area contributed by atoms with Crippen LogP contribution < -0.4 is 5.32 Å². The first-order chi connectivity index (χ1) is 12.7. The summed E-state index contributed by atoms with van der Waals surface area (Å²) in [5.41, 5.74) is 1.43. The summed E-state index contributed by atoms with van der Waals surface area (Å²) >= 11 is 1.51. The van der Waals surface area contributed by atoms with Gasteiger partial charge in [-0.1, -0.05) is 42.5 Å². The number of nitrogens with one attached hydrogen (secondary N) is 1. The van der Waals surface area contributed by atoms with Crippen molar-refractivity contribution in [3.8, 4) is 0 Å². The van der Waals surface area contributed by atoms with Crippen LogP contribution in [0.15, 0.2) is 71.6 Å². The van der Waals surface area contributed by atoms with Crippen LogP contribution in [0.2, 0.25) is 0 Å². The number of carbonyl (C=O) groups excluding carboxylic acids is 2. The highest BCUT2D eigenvalue weighted by atomic mass is 32.2. The van der Waals surface area contributed by atoms with Gasteiger partial charge in [0.25, 0.3) is 0 Å². The number of hydrogen-bond acceptors (Lipinski definition) is 4. The summed E-state index contributed by atoms with van der Waals surface area (Å²) in [6.45, 7) is 0.429. The minimum atomic E-state index is -0.368. The van der Waals surface area contributed by atoms with Gasteiger partial charge in [0.1, 0.15) is 0 Å². The monoisotopic (exact) mass is 365 g/mol. The van der Waals surface area contributed by atoms with Crippen molar-refractivity contribution in [1.29, 1.82) is 0 Å². The van der Waals surface area contributed by atoms with E-state index in [4.69, 9.17) is 0 Å². The van der Waals surface area contributed by atoms with Gasteiger partial charge in [-0.15, -0.1) is 11.8 Å². The fraction of sp³-hybridized carbons (Fsp3) is 0.143. The smallest absolute Gasteiger partial charge is 0.337 e. The van der Waals surface area contributed by atoms with Crippen molar-refractivity contribution in [2.24, 2.45) is 0 Å². The highest BCUT2D eigenvalue weighted by molar-refractivity contribution is 8.00. The highest BCUT2D eigenvalue weighted by Crippen LogP contribution is 2.23. The molecular formula is C21H19NO3S. The molecule has 132 valence electrons. The van der Waals surface area contributed by atoms with Crippen LogP contribution in [0.1, 0.15) is 15.9 Å². The van der Waals surface area contributed by atoms with E-state index in [-0.39, 0.29) is 11.9 Å². The Morgan fingerprint density at radius 1 is 0.962 bits per heavy atom. The number of amides is 1. The molecular weight excluding hydrogens is 346 g/mol. The molecule has 3 aromatic carbocycles. The molecule has 0 saturated carbocycles. The topological polar surface area (TPSA) is 55.4 Å². The van der Waals surface area contributed by atoms with E-state index in [1.807, 2.05) is 30.3 Å². The minimum absolute atomic E-state index is 0.0276. The van der Waals surface area contributed by atoms with Crippen LogP contribution in [0.25, 0.3) is 10.8 Å². The fourth-order valence-corrected chi connectivity index (χ4v) is 3.31. The van der Waals surface area contributed by atoms with E-state index in [9.17, 15) is 9.59 Å². The molecule has 3 rings (SSSR count). The number of fused-ring (bicyclic) bond motifs is 1. The molecule has 0 bridgehead atoms. The van der Waals surface area contributed by atoms with Crippen molar-refractivity contribution in [1.82, 2.24) is 5.32 Å². The van der Waals surface area contributed by atoms with Crippen molar-refractivity contribution >= 4 is 34.4 Å². The zero-order valence-corrected chi connectivity index (χ0v) is 15.2. The number of rotatable bonds is 6. The molecule has 0 fully saturated rings. The zero-order valence-electron chi connectivity index (χ0n) is 14.4. The third-order valence-electron chi connectivity index (χ3n) is 3.96. The van der Waals surface area contributed by atoms with Crippen LogP contribution in [-0.4, -0.2) is 24.7 Å². The molecule has 0 atom stereocenters. The number of thioether (sulfide) groups is 1. The van der Waals surface area contributed by atoms with Gasteiger partial charge in [-0.25, -0.2) is 4.79 Å². The first-order valence-electron chi connectivity index (χ1n) is 8.21. The van der Waals surface area contributed by atoms with Gasteiger partial charge in [0.15, 0.2) is 0 Å². The summed E-state index contributed by atoms with van der Waals surface area (Å²) in [5, 5.41) is 5.25. The van der Waals surface area contributed by atoms with E-state index < -0.39 is 0 Å². The molecule has 0 aliphatic heterocycles. The van der Waals surface area contributed by atoms with Gasteiger partial charge < -0.3 is 10.1 Å². The Kier molecular flexibility index (Phi) is 5.92. The van der Waals surface area contributed by atoms with E-state index in [0.29, 0.717) is 17.9 Å². The Bertz CT molecular complexity index is 922. The molecule has 0 aromatic heterocycles. The van der Waals surface area contributed by atoms with Crippen LogP contribution in [0.4, 0.5) is 0 Å². The molecule has 3 aromatic rings.